The summed E-state index contributed by atoms with van der Waals surface area (Å²) in [6, 6.07) is 30.1. The van der Waals surface area contributed by atoms with Gasteiger partial charge in [0.05, 0.1) is 18.8 Å². The number of alkyl halides is 3. The fraction of sp³-hybridized carbons (Fsp3) is 0.303. The molecule has 2 N–H and O–H groups in total. The van der Waals surface area contributed by atoms with Crippen molar-refractivity contribution < 1.29 is 19.4 Å². The van der Waals surface area contributed by atoms with Crippen LogP contribution < -0.4 is 5.32 Å². The van der Waals surface area contributed by atoms with Gasteiger partial charge < -0.3 is 19.9 Å². The predicted octanol–water partition coefficient (Wildman–Crippen LogP) is 7.88. The second-order valence-corrected chi connectivity index (χ2v) is 12.9. The molecule has 4 unspecified atom stereocenters. The van der Waals surface area contributed by atoms with Gasteiger partial charge >= 0.3 is 0 Å². The maximum absolute atomic E-state index is 12.1. The molecular formula is C33H33Cl3N2O4. The fourth-order valence-corrected chi connectivity index (χ4v) is 5.30. The van der Waals surface area contributed by atoms with E-state index < -0.39 is 16.0 Å². The molecule has 0 aromatic heterocycles. The number of hydrogen-bond acceptors (Lipinski definition) is 5. The van der Waals surface area contributed by atoms with E-state index in [0.29, 0.717) is 18.7 Å². The van der Waals surface area contributed by atoms with Crippen LogP contribution in [0.2, 0.25) is 0 Å². The number of fused-ring (bicyclic) bond motifs is 1. The van der Waals surface area contributed by atoms with E-state index in [1.807, 2.05) is 36.4 Å². The Bertz CT molecular complexity index is 1510. The number of aliphatic hydroxyl groups excluding tert-OH is 1. The lowest BCUT2D eigenvalue weighted by Gasteiger charge is -2.39. The van der Waals surface area contributed by atoms with Gasteiger partial charge in [0.15, 0.2) is 6.29 Å². The average Bonchev–Trinajstić information content (AvgIpc) is 3.00. The van der Waals surface area contributed by atoms with Crippen LogP contribution in [0.1, 0.15) is 54.0 Å². The van der Waals surface area contributed by atoms with Crippen LogP contribution in [-0.4, -0.2) is 39.4 Å². The number of benzene rings is 4. The van der Waals surface area contributed by atoms with E-state index in [2.05, 4.69) is 66.7 Å². The maximum atomic E-state index is 12.1. The Morgan fingerprint density at radius 1 is 0.952 bits per heavy atom. The first-order chi connectivity index (χ1) is 20.1. The first-order valence-electron chi connectivity index (χ1n) is 13.8. The molecule has 1 heterocycles. The number of likely N-dealkylation sites (N-methyl/N-ethyl adjacent to an activating group) is 1. The molecule has 0 radical (unpaired) electrons. The molecule has 5 rings (SSSR count). The van der Waals surface area contributed by atoms with Crippen molar-refractivity contribution in [3.8, 4) is 0 Å². The van der Waals surface area contributed by atoms with Crippen molar-refractivity contribution >= 4 is 57.2 Å². The molecule has 0 bridgehead atoms. The van der Waals surface area contributed by atoms with E-state index in [-0.39, 0.29) is 24.9 Å². The zero-order valence-corrected chi connectivity index (χ0v) is 25.6. The van der Waals surface area contributed by atoms with Crippen molar-refractivity contribution in [2.75, 3.05) is 18.9 Å². The Kier molecular flexibility index (Phi) is 9.75. The smallest absolute Gasteiger partial charge is 0.276 e. The molecular weight excluding hydrogens is 595 g/mol. The van der Waals surface area contributed by atoms with Gasteiger partial charge in [-0.25, -0.2) is 0 Å². The Morgan fingerprint density at radius 2 is 1.62 bits per heavy atom. The third-order valence-electron chi connectivity index (χ3n) is 7.72. The highest BCUT2D eigenvalue weighted by molar-refractivity contribution is 6.76. The normalized spacial score (nSPS) is 20.0. The molecule has 9 heteroatoms. The molecule has 4 aromatic carbocycles. The first kappa shape index (κ1) is 30.8. The van der Waals surface area contributed by atoms with Crippen molar-refractivity contribution in [2.24, 2.45) is 0 Å². The number of ether oxygens (including phenoxy) is 2. The van der Waals surface area contributed by atoms with Crippen molar-refractivity contribution in [1.82, 2.24) is 4.90 Å². The predicted molar refractivity (Wildman–Crippen MR) is 169 cm³/mol. The van der Waals surface area contributed by atoms with Crippen molar-refractivity contribution in [1.29, 1.82) is 0 Å². The minimum Gasteiger partial charge on any atom is -0.392 e. The molecule has 220 valence electrons. The number of carbonyl (C=O) groups is 1. The van der Waals surface area contributed by atoms with Gasteiger partial charge in [-0.3, -0.25) is 9.69 Å². The van der Waals surface area contributed by atoms with Crippen LogP contribution in [0.4, 0.5) is 5.69 Å². The standard InChI is InChI=1S/C33H33Cl3N2O4/c1-21(26-12-11-23-5-3-4-6-27(23)17-26)38(2)19-29-18-30(24-9-7-22(20-39)8-10-24)42-31(41-29)25-13-15-28(16-14-25)37-32(40)33(34,35)36/h3-17,21,29-31,39H,18-20H2,1-2H3,(H,37,40). The van der Waals surface area contributed by atoms with Crippen molar-refractivity contribution in [3.63, 3.8) is 0 Å². The lowest BCUT2D eigenvalue weighted by molar-refractivity contribution is -0.253. The van der Waals surface area contributed by atoms with Gasteiger partial charge in [-0.1, -0.05) is 108 Å². The third-order valence-corrected chi connectivity index (χ3v) is 8.24. The summed E-state index contributed by atoms with van der Waals surface area (Å²) in [4.78, 5) is 14.4. The Balaban J connectivity index is 1.34. The van der Waals surface area contributed by atoms with E-state index in [1.165, 1.54) is 16.3 Å². The molecule has 4 atom stereocenters. The summed E-state index contributed by atoms with van der Waals surface area (Å²) < 4.78 is 10.9. The van der Waals surface area contributed by atoms with E-state index in [9.17, 15) is 9.90 Å². The van der Waals surface area contributed by atoms with Crippen LogP contribution in [-0.2, 0) is 20.9 Å². The molecule has 42 heavy (non-hydrogen) atoms. The second-order valence-electron chi connectivity index (χ2n) is 10.6. The second kappa shape index (κ2) is 13.3. The molecule has 1 aliphatic heterocycles. The van der Waals surface area contributed by atoms with Gasteiger partial charge in [0, 0.05) is 30.3 Å². The topological polar surface area (TPSA) is 71.0 Å². The monoisotopic (exact) mass is 626 g/mol. The Hall–Kier alpha value is -2.68. The van der Waals surface area contributed by atoms with E-state index in [0.717, 1.165) is 16.7 Å². The van der Waals surface area contributed by atoms with E-state index in [4.69, 9.17) is 44.3 Å². The fourth-order valence-electron chi connectivity index (χ4n) is 5.16. The lowest BCUT2D eigenvalue weighted by Crippen LogP contribution is -2.38. The number of halogens is 3. The van der Waals surface area contributed by atoms with Crippen molar-refractivity contribution in [3.05, 3.63) is 113 Å². The van der Waals surface area contributed by atoms with Gasteiger partial charge in [0.2, 0.25) is 0 Å². The van der Waals surface area contributed by atoms with Gasteiger partial charge in [0.25, 0.3) is 9.70 Å². The van der Waals surface area contributed by atoms with E-state index in [1.54, 1.807) is 12.1 Å². The SMILES string of the molecule is CC(c1ccc2ccccc2c1)N(C)CC1CC(c2ccc(CO)cc2)OC(c2ccc(NC(=O)C(Cl)(Cl)Cl)cc2)O1. The van der Waals surface area contributed by atoms with Crippen LogP contribution in [0.5, 0.6) is 0 Å². The Morgan fingerprint density at radius 3 is 2.29 bits per heavy atom. The zero-order chi connectivity index (χ0) is 29.9. The number of nitrogens with zero attached hydrogens (tertiary/aromatic N) is 1. The first-order valence-corrected chi connectivity index (χ1v) is 14.9. The summed E-state index contributed by atoms with van der Waals surface area (Å²) in [5, 5.41) is 14.5. The highest BCUT2D eigenvalue weighted by atomic mass is 35.6. The van der Waals surface area contributed by atoms with Crippen LogP contribution in [0.3, 0.4) is 0 Å². The summed E-state index contributed by atoms with van der Waals surface area (Å²) in [5.74, 6) is -0.736. The van der Waals surface area contributed by atoms with Crippen LogP contribution in [0.15, 0.2) is 91.0 Å². The zero-order valence-electron chi connectivity index (χ0n) is 23.3. The average molecular weight is 628 g/mol. The number of anilines is 1. The minimum atomic E-state index is -2.06. The summed E-state index contributed by atoms with van der Waals surface area (Å²) in [6.45, 7) is 2.88. The number of aliphatic hydroxyl groups is 1. The lowest BCUT2D eigenvalue weighted by atomic mass is 9.98. The van der Waals surface area contributed by atoms with Crippen LogP contribution >= 0.6 is 34.8 Å². The molecule has 1 fully saturated rings. The number of nitrogens with one attached hydrogen (secondary N) is 1. The Labute approximate surface area is 261 Å². The summed E-state index contributed by atoms with van der Waals surface area (Å²) in [6.07, 6.45) is -0.299. The molecule has 1 amide bonds. The van der Waals surface area contributed by atoms with Gasteiger partial charge in [0.1, 0.15) is 0 Å². The molecule has 0 aliphatic carbocycles. The summed E-state index contributed by atoms with van der Waals surface area (Å²) >= 11 is 17.1. The number of rotatable bonds is 8. The molecule has 0 spiro atoms. The van der Waals surface area contributed by atoms with Crippen LogP contribution in [0.25, 0.3) is 10.8 Å². The third kappa shape index (κ3) is 7.44. The van der Waals surface area contributed by atoms with Crippen LogP contribution in [0, 0.1) is 0 Å². The molecule has 0 saturated carbocycles. The highest BCUT2D eigenvalue weighted by Gasteiger charge is 2.34. The quantitative estimate of drug-likeness (QED) is 0.195. The van der Waals surface area contributed by atoms with Gasteiger partial charge in [-0.05, 0) is 59.6 Å². The number of amides is 1. The van der Waals surface area contributed by atoms with Gasteiger partial charge in [-0.2, -0.15) is 0 Å². The number of carbonyl (C=O) groups excluding carboxylic acids is 1. The number of hydrogen-bond donors (Lipinski definition) is 2. The molecule has 1 saturated heterocycles. The minimum absolute atomic E-state index is 0.0151. The molecule has 4 aromatic rings. The molecule has 6 nitrogen and oxygen atoms in total. The largest absolute Gasteiger partial charge is 0.392 e. The van der Waals surface area contributed by atoms with Gasteiger partial charge in [-0.15, -0.1) is 0 Å². The van der Waals surface area contributed by atoms with E-state index >= 15 is 0 Å². The summed E-state index contributed by atoms with van der Waals surface area (Å²) in [5.41, 5.74) is 4.39. The highest BCUT2D eigenvalue weighted by Crippen LogP contribution is 2.39. The summed E-state index contributed by atoms with van der Waals surface area (Å²) in [7, 11) is 2.11. The maximum Gasteiger partial charge on any atom is 0.276 e. The van der Waals surface area contributed by atoms with Crippen molar-refractivity contribution in [2.45, 2.75) is 48.3 Å². The molecule has 1 aliphatic rings.